The van der Waals surface area contributed by atoms with Crippen molar-refractivity contribution in [1.82, 2.24) is 0 Å². The highest BCUT2D eigenvalue weighted by molar-refractivity contribution is 5.70. The lowest BCUT2D eigenvalue weighted by molar-refractivity contribution is -0.522. The highest BCUT2D eigenvalue weighted by Crippen LogP contribution is 1.69. The maximum Gasteiger partial charge on any atom is 0.341 e. The van der Waals surface area contributed by atoms with E-state index >= 15 is 0 Å². The highest BCUT2D eigenvalue weighted by atomic mass is 15.1. The molecular formula is C5H14N3+. The van der Waals surface area contributed by atoms with Gasteiger partial charge in [0.15, 0.2) is 0 Å². The molecule has 0 unspecified atom stereocenters. The maximum absolute atomic E-state index is 5.28. The van der Waals surface area contributed by atoms with Gasteiger partial charge in [-0.1, -0.05) is 0 Å². The molecule has 0 heterocycles. The largest absolute Gasteiger partial charge is 0.341 e. The quantitative estimate of drug-likeness (QED) is 0.285. The van der Waals surface area contributed by atoms with Crippen molar-refractivity contribution in [3.8, 4) is 0 Å². The average Bonchev–Trinajstić information content (AvgIpc) is 1.69. The summed E-state index contributed by atoms with van der Waals surface area (Å²) in [5.41, 5.74) is 10.6. The van der Waals surface area contributed by atoms with Crippen molar-refractivity contribution < 1.29 is 4.58 Å². The van der Waals surface area contributed by atoms with E-state index in [1.807, 2.05) is 18.4 Å². The minimum Gasteiger partial charge on any atom is -0.291 e. The number of hydrogen-bond donors (Lipinski definition) is 2. The average molecular weight is 116 g/mol. The van der Waals surface area contributed by atoms with E-state index in [2.05, 4.69) is 0 Å². The fourth-order valence-electron chi connectivity index (χ4n) is 0.589. The zero-order valence-electron chi connectivity index (χ0n) is 5.52. The first-order chi connectivity index (χ1) is 3.72. The Morgan fingerprint density at radius 2 is 1.62 bits per heavy atom. The first-order valence-electron chi connectivity index (χ1n) is 2.85. The van der Waals surface area contributed by atoms with Crippen molar-refractivity contribution in [2.24, 2.45) is 11.5 Å². The van der Waals surface area contributed by atoms with Gasteiger partial charge in [0.25, 0.3) is 0 Å². The summed E-state index contributed by atoms with van der Waals surface area (Å²) in [6.07, 6.45) is 0. The van der Waals surface area contributed by atoms with Gasteiger partial charge in [-0.2, -0.15) is 0 Å². The zero-order valence-corrected chi connectivity index (χ0v) is 5.52. The van der Waals surface area contributed by atoms with Crippen LogP contribution in [0.2, 0.25) is 0 Å². The Labute approximate surface area is 50.0 Å². The van der Waals surface area contributed by atoms with Crippen LogP contribution in [-0.4, -0.2) is 23.6 Å². The predicted molar refractivity (Wildman–Crippen MR) is 34.7 cm³/mol. The first kappa shape index (κ1) is 7.27. The van der Waals surface area contributed by atoms with Crippen LogP contribution in [0.15, 0.2) is 0 Å². The Kier molecular flexibility index (Phi) is 2.99. The summed E-state index contributed by atoms with van der Waals surface area (Å²) in [6, 6.07) is 0. The number of hydrogen-bond acceptors (Lipinski definition) is 0. The van der Waals surface area contributed by atoms with Gasteiger partial charge in [-0.15, -0.1) is 0 Å². The van der Waals surface area contributed by atoms with Crippen molar-refractivity contribution in [2.75, 3.05) is 13.1 Å². The lowest BCUT2D eigenvalue weighted by Gasteiger charge is -1.99. The van der Waals surface area contributed by atoms with E-state index in [-0.39, 0.29) is 0 Å². The molecule has 0 bridgehead atoms. The topological polar surface area (TPSA) is 55.0 Å². The van der Waals surface area contributed by atoms with Gasteiger partial charge in [-0.3, -0.25) is 16.0 Å². The van der Waals surface area contributed by atoms with E-state index < -0.39 is 0 Å². The molecule has 0 radical (unpaired) electrons. The Balaban J connectivity index is 3.86. The van der Waals surface area contributed by atoms with Crippen LogP contribution in [0, 0.1) is 0 Å². The smallest absolute Gasteiger partial charge is 0.291 e. The molecule has 0 aliphatic heterocycles. The third-order valence-corrected chi connectivity index (χ3v) is 1.13. The zero-order chi connectivity index (χ0) is 6.57. The fraction of sp³-hybridized carbons (Fsp3) is 0.800. The van der Waals surface area contributed by atoms with E-state index in [0.717, 1.165) is 13.1 Å². The molecule has 0 rings (SSSR count). The summed E-state index contributed by atoms with van der Waals surface area (Å²) >= 11 is 0. The number of guanidine groups is 1. The number of nitrogens with two attached hydrogens (primary N) is 2. The van der Waals surface area contributed by atoms with Gasteiger partial charge < -0.3 is 0 Å². The molecule has 0 aromatic carbocycles. The van der Waals surface area contributed by atoms with Crippen LogP contribution < -0.4 is 11.5 Å². The minimum absolute atomic E-state index is 0.412. The van der Waals surface area contributed by atoms with E-state index in [4.69, 9.17) is 11.5 Å². The maximum atomic E-state index is 5.28. The molecule has 0 atom stereocenters. The number of rotatable bonds is 2. The van der Waals surface area contributed by atoms with Gasteiger partial charge in [-0.25, -0.2) is 0 Å². The molecule has 0 spiro atoms. The molecule has 3 nitrogen and oxygen atoms in total. The molecule has 0 saturated heterocycles. The van der Waals surface area contributed by atoms with Crippen LogP contribution in [0.25, 0.3) is 0 Å². The Morgan fingerprint density at radius 3 is 1.62 bits per heavy atom. The van der Waals surface area contributed by atoms with Gasteiger partial charge in [0, 0.05) is 0 Å². The van der Waals surface area contributed by atoms with Crippen molar-refractivity contribution in [1.29, 1.82) is 0 Å². The van der Waals surface area contributed by atoms with E-state index in [1.54, 1.807) is 0 Å². The summed E-state index contributed by atoms with van der Waals surface area (Å²) in [7, 11) is 0. The lowest BCUT2D eigenvalue weighted by atomic mass is 10.6. The summed E-state index contributed by atoms with van der Waals surface area (Å²) in [5.74, 6) is 0.412. The van der Waals surface area contributed by atoms with Crippen molar-refractivity contribution in [3.63, 3.8) is 0 Å². The van der Waals surface area contributed by atoms with Crippen molar-refractivity contribution in [2.45, 2.75) is 13.8 Å². The molecule has 0 fully saturated rings. The molecule has 0 aromatic rings. The van der Waals surface area contributed by atoms with Gasteiger partial charge in [0.05, 0.1) is 13.1 Å². The van der Waals surface area contributed by atoms with Crippen LogP contribution in [0.5, 0.6) is 0 Å². The van der Waals surface area contributed by atoms with Gasteiger partial charge in [0.2, 0.25) is 0 Å². The van der Waals surface area contributed by atoms with Crippen LogP contribution in [0.1, 0.15) is 13.8 Å². The Hall–Kier alpha value is -0.730. The molecule has 0 aliphatic carbocycles. The van der Waals surface area contributed by atoms with Crippen LogP contribution >= 0.6 is 0 Å². The summed E-state index contributed by atoms with van der Waals surface area (Å²) < 4.78 is 1.89. The fourth-order valence-corrected chi connectivity index (χ4v) is 0.589. The predicted octanol–water partition coefficient (Wildman–Crippen LogP) is -0.688. The second kappa shape index (κ2) is 3.29. The van der Waals surface area contributed by atoms with E-state index in [0.29, 0.717) is 5.96 Å². The Bertz CT molecular complexity index is 85.8. The van der Waals surface area contributed by atoms with E-state index in [9.17, 15) is 0 Å². The molecule has 0 amide bonds. The molecule has 0 aromatic heterocycles. The molecular weight excluding hydrogens is 102 g/mol. The van der Waals surface area contributed by atoms with Crippen molar-refractivity contribution in [3.05, 3.63) is 0 Å². The second-order valence-electron chi connectivity index (χ2n) is 1.60. The molecule has 48 valence electrons. The molecule has 4 N–H and O–H groups in total. The lowest BCUT2D eigenvalue weighted by Crippen LogP contribution is -2.35. The van der Waals surface area contributed by atoms with Gasteiger partial charge in [-0.05, 0) is 13.8 Å². The van der Waals surface area contributed by atoms with E-state index in [1.165, 1.54) is 0 Å². The van der Waals surface area contributed by atoms with Gasteiger partial charge in [0.1, 0.15) is 0 Å². The van der Waals surface area contributed by atoms with Gasteiger partial charge >= 0.3 is 5.96 Å². The highest BCUT2D eigenvalue weighted by Gasteiger charge is 1.93. The SMILES string of the molecule is CC[N+](CC)=C(N)N. The van der Waals surface area contributed by atoms with Crippen LogP contribution in [0.4, 0.5) is 0 Å². The standard InChI is InChI=1S/C5H13N3/c1-3-8(4-2)5(6)7/h3-4H2,1-2H3,(H3,6,7)/p+1. The summed E-state index contributed by atoms with van der Waals surface area (Å²) in [4.78, 5) is 0. The normalized spacial score (nSPS) is 8.75. The van der Waals surface area contributed by atoms with Crippen LogP contribution in [0.3, 0.4) is 0 Å². The first-order valence-corrected chi connectivity index (χ1v) is 2.85. The summed E-state index contributed by atoms with van der Waals surface area (Å²) in [6.45, 7) is 5.81. The van der Waals surface area contributed by atoms with Crippen molar-refractivity contribution >= 4 is 5.96 Å². The minimum atomic E-state index is 0.412. The molecule has 0 aliphatic rings. The third kappa shape index (κ3) is 1.82. The summed E-state index contributed by atoms with van der Waals surface area (Å²) in [5, 5.41) is 0. The Morgan fingerprint density at radius 1 is 1.25 bits per heavy atom. The monoisotopic (exact) mass is 116 g/mol. The number of nitrogens with zero attached hydrogens (tertiary/aromatic N) is 1. The van der Waals surface area contributed by atoms with Crippen LogP contribution in [-0.2, 0) is 0 Å². The molecule has 3 heteroatoms. The third-order valence-electron chi connectivity index (χ3n) is 1.13. The second-order valence-corrected chi connectivity index (χ2v) is 1.60. The molecule has 0 saturated carbocycles. The molecule has 8 heavy (non-hydrogen) atoms.